The normalized spacial score (nSPS) is 27.4. The molecule has 16 heavy (non-hydrogen) atoms. The van der Waals surface area contributed by atoms with Crippen molar-refractivity contribution in [2.75, 3.05) is 5.75 Å². The second-order valence-electron chi connectivity index (χ2n) is 6.89. The Labute approximate surface area is 107 Å². The lowest BCUT2D eigenvalue weighted by atomic mass is 9.72. The molecule has 0 N–H and O–H groups in total. The van der Waals surface area contributed by atoms with Crippen molar-refractivity contribution in [3.63, 3.8) is 0 Å². The van der Waals surface area contributed by atoms with Crippen LogP contribution in [0.2, 0.25) is 0 Å². The van der Waals surface area contributed by atoms with Crippen LogP contribution < -0.4 is 0 Å². The molecule has 0 saturated heterocycles. The van der Waals surface area contributed by atoms with Gasteiger partial charge < -0.3 is 0 Å². The fraction of sp³-hybridized carbons (Fsp3) is 1.00. The molecule has 0 unspecified atom stereocenters. The predicted octanol–water partition coefficient (Wildman–Crippen LogP) is 5.37. The standard InChI is InChI=1S/C15H30S/c1-12(2)10-11-16-14-8-6-13(7-9-14)15(3,4)5/h12-14H,6-11H2,1-5H3. The topological polar surface area (TPSA) is 0 Å². The highest BCUT2D eigenvalue weighted by Gasteiger charge is 2.29. The molecule has 0 amide bonds. The summed E-state index contributed by atoms with van der Waals surface area (Å²) in [6.07, 6.45) is 7.24. The highest BCUT2D eigenvalue weighted by molar-refractivity contribution is 7.99. The maximum atomic E-state index is 2.41. The lowest BCUT2D eigenvalue weighted by Gasteiger charge is -2.36. The Morgan fingerprint density at radius 1 is 1.06 bits per heavy atom. The van der Waals surface area contributed by atoms with E-state index in [9.17, 15) is 0 Å². The van der Waals surface area contributed by atoms with Gasteiger partial charge in [-0.25, -0.2) is 0 Å². The smallest absolute Gasteiger partial charge is 0.00472 e. The van der Waals surface area contributed by atoms with Crippen molar-refractivity contribution in [1.29, 1.82) is 0 Å². The first kappa shape index (κ1) is 14.4. The minimum Gasteiger partial charge on any atom is -0.159 e. The van der Waals surface area contributed by atoms with Gasteiger partial charge in [0.1, 0.15) is 0 Å². The zero-order valence-electron chi connectivity index (χ0n) is 11.9. The molecule has 96 valence electrons. The monoisotopic (exact) mass is 242 g/mol. The molecule has 0 nitrogen and oxygen atoms in total. The molecular weight excluding hydrogens is 212 g/mol. The van der Waals surface area contributed by atoms with E-state index in [-0.39, 0.29) is 0 Å². The third-order valence-electron chi connectivity index (χ3n) is 3.95. The Hall–Kier alpha value is 0.350. The van der Waals surface area contributed by atoms with E-state index >= 15 is 0 Å². The number of hydrogen-bond acceptors (Lipinski definition) is 1. The molecule has 0 radical (unpaired) electrons. The Bertz CT molecular complexity index is 182. The van der Waals surface area contributed by atoms with E-state index in [4.69, 9.17) is 0 Å². The molecule has 0 aromatic rings. The van der Waals surface area contributed by atoms with E-state index in [0.717, 1.165) is 17.1 Å². The van der Waals surface area contributed by atoms with Gasteiger partial charge in [-0.2, -0.15) is 11.8 Å². The van der Waals surface area contributed by atoms with Gasteiger partial charge in [-0.3, -0.25) is 0 Å². The first-order valence-corrected chi connectivity index (χ1v) is 8.06. The van der Waals surface area contributed by atoms with Gasteiger partial charge >= 0.3 is 0 Å². The van der Waals surface area contributed by atoms with E-state index in [1.807, 2.05) is 0 Å². The van der Waals surface area contributed by atoms with E-state index in [1.165, 1.54) is 37.9 Å². The predicted molar refractivity (Wildman–Crippen MR) is 77.1 cm³/mol. The van der Waals surface area contributed by atoms with Crippen LogP contribution in [0.5, 0.6) is 0 Å². The van der Waals surface area contributed by atoms with Crippen molar-refractivity contribution < 1.29 is 0 Å². The lowest BCUT2D eigenvalue weighted by molar-refractivity contribution is 0.182. The highest BCUT2D eigenvalue weighted by Crippen LogP contribution is 2.40. The van der Waals surface area contributed by atoms with Gasteiger partial charge in [0.05, 0.1) is 0 Å². The summed E-state index contributed by atoms with van der Waals surface area (Å²) in [5, 5.41) is 0.970. The summed E-state index contributed by atoms with van der Waals surface area (Å²) in [5.74, 6) is 3.22. The van der Waals surface area contributed by atoms with Crippen molar-refractivity contribution in [3.05, 3.63) is 0 Å². The van der Waals surface area contributed by atoms with Gasteiger partial charge in [0, 0.05) is 5.25 Å². The average molecular weight is 242 g/mol. The van der Waals surface area contributed by atoms with Gasteiger partial charge in [-0.1, -0.05) is 34.6 Å². The Morgan fingerprint density at radius 2 is 1.62 bits per heavy atom. The Balaban J connectivity index is 2.17. The second-order valence-corrected chi connectivity index (χ2v) is 8.30. The van der Waals surface area contributed by atoms with Crippen LogP contribution in [0, 0.1) is 17.3 Å². The first-order chi connectivity index (χ1) is 7.39. The molecule has 0 atom stereocenters. The van der Waals surface area contributed by atoms with E-state index in [0.29, 0.717) is 5.41 Å². The van der Waals surface area contributed by atoms with E-state index in [2.05, 4.69) is 46.4 Å². The van der Waals surface area contributed by atoms with Crippen LogP contribution in [0.15, 0.2) is 0 Å². The summed E-state index contributed by atoms with van der Waals surface area (Å²) < 4.78 is 0. The second kappa shape index (κ2) is 6.33. The highest BCUT2D eigenvalue weighted by atomic mass is 32.2. The molecule has 0 aliphatic heterocycles. The minimum atomic E-state index is 0.535. The minimum absolute atomic E-state index is 0.535. The molecule has 1 rings (SSSR count). The van der Waals surface area contributed by atoms with Crippen LogP contribution in [0.4, 0.5) is 0 Å². The maximum absolute atomic E-state index is 2.41. The molecule has 0 aromatic carbocycles. The summed E-state index contributed by atoms with van der Waals surface area (Å²) in [6.45, 7) is 11.9. The van der Waals surface area contributed by atoms with Gasteiger partial charge in [0.25, 0.3) is 0 Å². The van der Waals surface area contributed by atoms with Crippen molar-refractivity contribution in [2.24, 2.45) is 17.3 Å². The van der Waals surface area contributed by atoms with Gasteiger partial charge in [0.15, 0.2) is 0 Å². The molecule has 1 saturated carbocycles. The molecule has 0 spiro atoms. The molecule has 0 heterocycles. The third kappa shape index (κ3) is 5.12. The van der Waals surface area contributed by atoms with Crippen molar-refractivity contribution in [2.45, 2.75) is 72.0 Å². The zero-order valence-corrected chi connectivity index (χ0v) is 12.7. The SMILES string of the molecule is CC(C)CCSC1CCC(C(C)(C)C)CC1. The van der Waals surface area contributed by atoms with E-state index in [1.54, 1.807) is 0 Å². The summed E-state index contributed by atoms with van der Waals surface area (Å²) in [7, 11) is 0. The summed E-state index contributed by atoms with van der Waals surface area (Å²) in [5.41, 5.74) is 0.535. The molecule has 1 aliphatic carbocycles. The van der Waals surface area contributed by atoms with Crippen molar-refractivity contribution >= 4 is 11.8 Å². The summed E-state index contributed by atoms with van der Waals surface area (Å²) in [4.78, 5) is 0. The largest absolute Gasteiger partial charge is 0.159 e. The van der Waals surface area contributed by atoms with Gasteiger partial charge in [0.2, 0.25) is 0 Å². The number of rotatable bonds is 4. The molecule has 1 heteroatoms. The zero-order chi connectivity index (χ0) is 12.2. The number of thioether (sulfide) groups is 1. The Kier molecular flexibility index (Phi) is 5.70. The van der Waals surface area contributed by atoms with Crippen LogP contribution in [0.25, 0.3) is 0 Å². The quantitative estimate of drug-likeness (QED) is 0.638. The average Bonchev–Trinajstić information content (AvgIpc) is 2.16. The molecule has 1 aliphatic rings. The fourth-order valence-corrected chi connectivity index (χ4v) is 4.11. The van der Waals surface area contributed by atoms with Crippen molar-refractivity contribution in [1.82, 2.24) is 0 Å². The first-order valence-electron chi connectivity index (χ1n) is 7.01. The summed E-state index contributed by atoms with van der Waals surface area (Å²) in [6, 6.07) is 0. The van der Waals surface area contributed by atoms with Crippen LogP contribution in [-0.4, -0.2) is 11.0 Å². The van der Waals surface area contributed by atoms with Crippen LogP contribution >= 0.6 is 11.8 Å². The summed E-state index contributed by atoms with van der Waals surface area (Å²) >= 11 is 2.24. The molecular formula is C15H30S. The molecule has 0 aromatic heterocycles. The van der Waals surface area contributed by atoms with E-state index < -0.39 is 0 Å². The molecule has 0 bridgehead atoms. The van der Waals surface area contributed by atoms with Crippen LogP contribution in [0.1, 0.15) is 66.7 Å². The fourth-order valence-electron chi connectivity index (χ4n) is 2.57. The van der Waals surface area contributed by atoms with Crippen LogP contribution in [0.3, 0.4) is 0 Å². The molecule has 1 fully saturated rings. The third-order valence-corrected chi connectivity index (χ3v) is 5.36. The Morgan fingerprint density at radius 3 is 2.06 bits per heavy atom. The maximum Gasteiger partial charge on any atom is 0.00472 e. The van der Waals surface area contributed by atoms with Gasteiger partial charge in [-0.05, 0) is 55.1 Å². The van der Waals surface area contributed by atoms with Crippen molar-refractivity contribution in [3.8, 4) is 0 Å². The van der Waals surface area contributed by atoms with Gasteiger partial charge in [-0.15, -0.1) is 0 Å². The number of hydrogen-bond donors (Lipinski definition) is 0. The van der Waals surface area contributed by atoms with Crippen LogP contribution in [-0.2, 0) is 0 Å². The lowest BCUT2D eigenvalue weighted by Crippen LogP contribution is -2.26.